The van der Waals surface area contributed by atoms with Gasteiger partial charge in [0.25, 0.3) is 0 Å². The van der Waals surface area contributed by atoms with Crippen molar-refractivity contribution in [3.8, 4) is 39.9 Å². The van der Waals surface area contributed by atoms with Crippen LogP contribution < -0.4 is 0 Å². The van der Waals surface area contributed by atoms with Crippen LogP contribution in [0.4, 0.5) is 26.3 Å². The van der Waals surface area contributed by atoms with E-state index in [0.717, 1.165) is 82.6 Å². The number of halogens is 6. The number of nitriles is 1. The van der Waals surface area contributed by atoms with E-state index in [1.54, 1.807) is 0 Å². The molecular weight excluding hydrogens is 941 g/mol. The van der Waals surface area contributed by atoms with Crippen LogP contribution >= 0.6 is 0 Å². The lowest BCUT2D eigenvalue weighted by Gasteiger charge is -2.23. The molecule has 4 heterocycles. The van der Waals surface area contributed by atoms with Gasteiger partial charge < -0.3 is 18.3 Å². The van der Waals surface area contributed by atoms with E-state index in [4.69, 9.17) is 0 Å². The van der Waals surface area contributed by atoms with Gasteiger partial charge in [-0.2, -0.15) is 31.6 Å². The minimum atomic E-state index is -5.21. The smallest absolute Gasteiger partial charge is 0.307 e. The molecule has 14 aromatic rings. The minimum absolute atomic E-state index is 0.0239. The first-order valence-corrected chi connectivity index (χ1v) is 23.9. The Bertz CT molecular complexity index is 4410. The van der Waals surface area contributed by atoms with E-state index < -0.39 is 29.0 Å². The monoisotopic (exact) mass is 975 g/mol. The van der Waals surface area contributed by atoms with Crippen LogP contribution in [0.15, 0.2) is 212 Å². The Balaban J connectivity index is 1.24. The molecule has 354 valence electrons. The van der Waals surface area contributed by atoms with Crippen molar-refractivity contribution in [1.29, 1.82) is 5.26 Å². The summed E-state index contributed by atoms with van der Waals surface area (Å²) >= 11 is 0. The zero-order chi connectivity index (χ0) is 50.2. The molecule has 0 fully saturated rings. The Morgan fingerprint density at radius 1 is 0.324 bits per heavy atom. The van der Waals surface area contributed by atoms with Crippen molar-refractivity contribution in [2.75, 3.05) is 0 Å². The molecule has 0 N–H and O–H groups in total. The Morgan fingerprint density at radius 2 is 0.635 bits per heavy atom. The summed E-state index contributed by atoms with van der Waals surface area (Å²) in [7, 11) is 0. The van der Waals surface area contributed by atoms with Gasteiger partial charge in [0.05, 0.1) is 66.6 Å². The predicted molar refractivity (Wildman–Crippen MR) is 284 cm³/mol. The Kier molecular flexibility index (Phi) is 9.20. The number of rotatable bonds is 5. The van der Waals surface area contributed by atoms with Crippen molar-refractivity contribution in [2.45, 2.75) is 12.4 Å². The maximum Gasteiger partial charge on any atom is 0.417 e. The molecule has 0 atom stereocenters. The van der Waals surface area contributed by atoms with Gasteiger partial charge in [-0.15, -0.1) is 0 Å². The minimum Gasteiger partial charge on any atom is -0.307 e. The van der Waals surface area contributed by atoms with Gasteiger partial charge in [-0.1, -0.05) is 140 Å². The van der Waals surface area contributed by atoms with Crippen molar-refractivity contribution in [3.05, 3.63) is 229 Å². The fourth-order valence-corrected chi connectivity index (χ4v) is 11.8. The Hall–Kier alpha value is -9.53. The van der Waals surface area contributed by atoms with Crippen LogP contribution in [0.25, 0.3) is 121 Å². The first-order valence-electron chi connectivity index (χ1n) is 23.9. The molecule has 11 heteroatoms. The zero-order valence-electron chi connectivity index (χ0n) is 38.7. The first-order chi connectivity index (χ1) is 36.0. The molecule has 5 nitrogen and oxygen atoms in total. The normalized spacial score (nSPS) is 12.4. The molecule has 0 amide bonds. The second-order valence-electron chi connectivity index (χ2n) is 18.5. The number of hydrogen-bond acceptors (Lipinski definition) is 1. The summed E-state index contributed by atoms with van der Waals surface area (Å²) in [5.74, 6) is 0. The van der Waals surface area contributed by atoms with E-state index >= 15 is 26.3 Å². The fourth-order valence-electron chi connectivity index (χ4n) is 11.8. The van der Waals surface area contributed by atoms with E-state index in [1.807, 2.05) is 191 Å². The summed E-state index contributed by atoms with van der Waals surface area (Å²) in [6.07, 6.45) is -10.4. The van der Waals surface area contributed by atoms with Gasteiger partial charge in [-0.05, 0) is 78.4 Å². The molecular formula is C63H35F6N5. The topological polar surface area (TPSA) is 43.5 Å². The van der Waals surface area contributed by atoms with E-state index in [-0.39, 0.29) is 22.5 Å². The predicted octanol–water partition coefficient (Wildman–Crippen LogP) is 17.7. The molecule has 0 aliphatic heterocycles. The first kappa shape index (κ1) is 43.3. The highest BCUT2D eigenvalue weighted by atomic mass is 19.4. The fraction of sp³-hybridized carbons (Fsp3) is 0.0317. The second-order valence-corrected chi connectivity index (χ2v) is 18.5. The number of nitrogens with zero attached hydrogens (tertiary/aromatic N) is 5. The largest absolute Gasteiger partial charge is 0.417 e. The second kappa shape index (κ2) is 15.7. The summed E-state index contributed by atoms with van der Waals surface area (Å²) in [4.78, 5) is 0. The van der Waals surface area contributed by atoms with Crippen molar-refractivity contribution in [3.63, 3.8) is 0 Å². The molecule has 0 saturated heterocycles. The standard InChI is InChI=1S/C63H35F6N5/c64-62(65,66)49-24-15-25-50(63(67,68)69)57(49)37-34-55(73-53-28-13-9-22-42(53)46-32-30-44-40-20-7-11-26-51(40)71(58(44)60(46)73)38-16-3-1-4-17-38)48(36-70)56(35-37)74-54-29-14-10-23-43(54)47-33-31-45-41-21-8-12-27-52(41)72(59(45)61(47)74)39-18-5-2-6-19-39/h1-35H. The molecule has 0 aliphatic carbocycles. The molecule has 0 spiro atoms. The van der Waals surface area contributed by atoms with Crippen LogP contribution in [0.2, 0.25) is 0 Å². The van der Waals surface area contributed by atoms with Crippen molar-refractivity contribution in [2.24, 2.45) is 0 Å². The summed E-state index contributed by atoms with van der Waals surface area (Å²) in [5, 5.41) is 18.6. The molecule has 0 unspecified atom stereocenters. The van der Waals surface area contributed by atoms with Crippen LogP contribution in [0.5, 0.6) is 0 Å². The summed E-state index contributed by atoms with van der Waals surface area (Å²) < 4.78 is 101. The molecule has 0 aliphatic rings. The number of fused-ring (bicyclic) bond motifs is 14. The van der Waals surface area contributed by atoms with Crippen LogP contribution in [0.1, 0.15) is 16.7 Å². The number of aromatic nitrogens is 4. The lowest BCUT2D eigenvalue weighted by atomic mass is 9.91. The zero-order valence-corrected chi connectivity index (χ0v) is 38.7. The summed E-state index contributed by atoms with van der Waals surface area (Å²) in [6, 6.07) is 66.0. The molecule has 0 radical (unpaired) electrons. The number of hydrogen-bond donors (Lipinski definition) is 0. The molecule has 0 saturated carbocycles. The van der Waals surface area contributed by atoms with Gasteiger partial charge in [0.15, 0.2) is 0 Å². The summed E-state index contributed by atoms with van der Waals surface area (Å²) in [5.41, 5.74) is 3.15. The third kappa shape index (κ3) is 6.12. The van der Waals surface area contributed by atoms with E-state index in [1.165, 1.54) is 12.1 Å². The molecule has 74 heavy (non-hydrogen) atoms. The summed E-state index contributed by atoms with van der Waals surface area (Å²) in [6.45, 7) is 0. The van der Waals surface area contributed by atoms with Gasteiger partial charge in [-0.25, -0.2) is 0 Å². The van der Waals surface area contributed by atoms with Crippen LogP contribution in [0, 0.1) is 11.3 Å². The lowest BCUT2D eigenvalue weighted by Crippen LogP contribution is -2.15. The maximum absolute atomic E-state index is 15.6. The molecule has 10 aromatic carbocycles. The van der Waals surface area contributed by atoms with Gasteiger partial charge >= 0.3 is 12.4 Å². The van der Waals surface area contributed by atoms with Gasteiger partial charge in [0, 0.05) is 60.0 Å². The van der Waals surface area contributed by atoms with Crippen LogP contribution in [-0.4, -0.2) is 18.3 Å². The van der Waals surface area contributed by atoms with Crippen LogP contribution in [0.3, 0.4) is 0 Å². The lowest BCUT2D eigenvalue weighted by molar-refractivity contribution is -0.142. The number of benzene rings is 10. The quantitative estimate of drug-likeness (QED) is 0.159. The van der Waals surface area contributed by atoms with Crippen LogP contribution in [-0.2, 0) is 12.4 Å². The average molecular weight is 976 g/mol. The molecule has 14 rings (SSSR count). The van der Waals surface area contributed by atoms with Gasteiger partial charge in [0.1, 0.15) is 11.6 Å². The van der Waals surface area contributed by atoms with Gasteiger partial charge in [-0.3, -0.25) is 0 Å². The average Bonchev–Trinajstić information content (AvgIpc) is 4.17. The van der Waals surface area contributed by atoms with Gasteiger partial charge in [0.2, 0.25) is 0 Å². The van der Waals surface area contributed by atoms with E-state index in [9.17, 15) is 5.26 Å². The third-order valence-electron chi connectivity index (χ3n) is 14.6. The van der Waals surface area contributed by atoms with E-state index in [0.29, 0.717) is 34.2 Å². The van der Waals surface area contributed by atoms with E-state index in [2.05, 4.69) is 15.2 Å². The van der Waals surface area contributed by atoms with Crippen molar-refractivity contribution < 1.29 is 26.3 Å². The number of para-hydroxylation sites is 6. The van der Waals surface area contributed by atoms with Crippen molar-refractivity contribution >= 4 is 87.2 Å². The highest BCUT2D eigenvalue weighted by Crippen LogP contribution is 2.50. The molecule has 0 bridgehead atoms. The molecule has 4 aromatic heterocycles. The maximum atomic E-state index is 15.6. The Morgan fingerprint density at radius 3 is 0.973 bits per heavy atom. The highest BCUT2D eigenvalue weighted by molar-refractivity contribution is 6.25. The SMILES string of the molecule is N#Cc1c(-n2c3ccccc3c3ccc4c5ccccc5n(-c5ccccc5)c4c32)cc(-c2c(C(F)(F)F)cccc2C(F)(F)F)cc1-n1c2ccccc2c2ccc3c4ccccc4n(-c4ccccc4)c3c21. The Labute approximate surface area is 416 Å². The van der Waals surface area contributed by atoms with Crippen molar-refractivity contribution in [1.82, 2.24) is 18.3 Å². The third-order valence-corrected chi connectivity index (χ3v) is 14.6. The number of alkyl halides is 6. The highest BCUT2D eigenvalue weighted by Gasteiger charge is 2.42.